The van der Waals surface area contributed by atoms with E-state index in [-0.39, 0.29) is 23.7 Å². The van der Waals surface area contributed by atoms with Gasteiger partial charge in [-0.05, 0) is 65.8 Å². The number of thiophene rings is 1. The Morgan fingerprint density at radius 1 is 0.872 bits per heavy atom. The Labute approximate surface area is 280 Å². The maximum Gasteiger partial charge on any atom is 0.326 e. The maximum absolute atomic E-state index is 13.7. The molecule has 0 spiro atoms. The van der Waals surface area contributed by atoms with Crippen LogP contribution in [0.4, 0.5) is 0 Å². The van der Waals surface area contributed by atoms with Crippen LogP contribution in [0.5, 0.6) is 0 Å². The van der Waals surface area contributed by atoms with Crippen molar-refractivity contribution in [2.45, 2.75) is 89.1 Å². The highest BCUT2D eigenvalue weighted by atomic mass is 32.1. The molecule has 4 aromatic rings. The van der Waals surface area contributed by atoms with Gasteiger partial charge in [0.15, 0.2) is 5.82 Å². The van der Waals surface area contributed by atoms with E-state index < -0.39 is 18.1 Å². The van der Waals surface area contributed by atoms with E-state index in [1.165, 1.54) is 47.5 Å². The molecule has 2 fully saturated rings. The van der Waals surface area contributed by atoms with E-state index in [9.17, 15) is 19.5 Å². The lowest BCUT2D eigenvalue weighted by atomic mass is 9.95. The second-order valence-corrected chi connectivity index (χ2v) is 14.9. The Hall–Kier alpha value is -4.37. The molecule has 2 aliphatic rings. The van der Waals surface area contributed by atoms with Gasteiger partial charge in [0.2, 0.25) is 5.91 Å². The van der Waals surface area contributed by atoms with E-state index in [1.54, 1.807) is 6.07 Å². The number of rotatable bonds is 9. The second-order valence-electron chi connectivity index (χ2n) is 13.8. The number of benzene rings is 2. The molecule has 6 rings (SSSR count). The molecule has 1 saturated carbocycles. The van der Waals surface area contributed by atoms with Gasteiger partial charge in [0.25, 0.3) is 5.91 Å². The molecule has 2 aromatic carbocycles. The molecule has 2 atom stereocenters. The summed E-state index contributed by atoms with van der Waals surface area (Å²) in [5.74, 6) is -0.467. The highest BCUT2D eigenvalue weighted by Gasteiger charge is 2.38. The number of hydrogen-bond acceptors (Lipinski definition) is 6. The van der Waals surface area contributed by atoms with Crippen LogP contribution in [0.25, 0.3) is 22.5 Å². The molecule has 2 N–H and O–H groups in total. The minimum Gasteiger partial charge on any atom is -0.480 e. The molecule has 244 valence electrons. The highest BCUT2D eigenvalue weighted by Crippen LogP contribution is 2.35. The third kappa shape index (κ3) is 7.46. The largest absolute Gasteiger partial charge is 0.480 e. The minimum atomic E-state index is -1.02. The molecule has 0 radical (unpaired) electrons. The number of nitrogens with one attached hydrogen (secondary N) is 1. The third-order valence-corrected chi connectivity index (χ3v) is 10.9. The summed E-state index contributed by atoms with van der Waals surface area (Å²) >= 11 is 1.41. The number of carboxylic acids is 1. The van der Waals surface area contributed by atoms with Crippen LogP contribution in [0, 0.1) is 0 Å². The van der Waals surface area contributed by atoms with E-state index in [0.29, 0.717) is 36.0 Å². The maximum atomic E-state index is 13.7. The summed E-state index contributed by atoms with van der Waals surface area (Å²) in [7, 11) is 0. The van der Waals surface area contributed by atoms with Crippen molar-refractivity contribution in [2.75, 3.05) is 6.54 Å². The average molecular weight is 651 g/mol. The first-order valence-electron chi connectivity index (χ1n) is 16.5. The molecule has 1 aliphatic heterocycles. The standard InChI is InChI=1S/C38H42N4O4S/c1-38(2,3)33-19-18-32(47-33)35(43)41-30(36(44)42-20-6-9-31(42)37(45)46)21-24-10-12-28(13-11-24)34-39-22-29(23-40-34)27-16-14-26(15-17-27)25-7-4-5-8-25/h10-19,22-23,25,30-31H,4-9,20-21H2,1-3H3,(H,41,43)(H,45,46)/t30-,31-/m0/s1. The van der Waals surface area contributed by atoms with Crippen molar-refractivity contribution in [3.8, 4) is 22.5 Å². The van der Waals surface area contributed by atoms with E-state index in [0.717, 1.165) is 27.1 Å². The van der Waals surface area contributed by atoms with E-state index in [1.807, 2.05) is 42.7 Å². The molecule has 47 heavy (non-hydrogen) atoms. The fourth-order valence-corrected chi connectivity index (χ4v) is 7.61. The number of likely N-dealkylation sites (tertiary alicyclic amines) is 1. The van der Waals surface area contributed by atoms with Gasteiger partial charge in [0, 0.05) is 41.4 Å². The lowest BCUT2D eigenvalue weighted by Gasteiger charge is -2.27. The van der Waals surface area contributed by atoms with Gasteiger partial charge in [-0.1, -0.05) is 82.1 Å². The minimum absolute atomic E-state index is 0.103. The smallest absolute Gasteiger partial charge is 0.326 e. The SMILES string of the molecule is CC(C)(C)c1ccc(C(=O)N[C@@H](Cc2ccc(-c3ncc(-c4ccc(C5CCCC5)cc4)cn3)cc2)C(=O)N2CCC[C@H]2C(=O)O)s1. The van der Waals surface area contributed by atoms with Crippen LogP contribution in [-0.4, -0.2) is 56.4 Å². The zero-order valence-corrected chi connectivity index (χ0v) is 28.1. The van der Waals surface area contributed by atoms with E-state index >= 15 is 0 Å². The predicted octanol–water partition coefficient (Wildman–Crippen LogP) is 7.24. The molecular weight excluding hydrogens is 609 g/mol. The number of nitrogens with zero attached hydrogens (tertiary/aromatic N) is 3. The fraction of sp³-hybridized carbons (Fsp3) is 0.395. The molecule has 0 bridgehead atoms. The summed E-state index contributed by atoms with van der Waals surface area (Å²) < 4.78 is 0. The topological polar surface area (TPSA) is 112 Å². The van der Waals surface area contributed by atoms with Crippen LogP contribution >= 0.6 is 11.3 Å². The van der Waals surface area contributed by atoms with Gasteiger partial charge in [-0.25, -0.2) is 14.8 Å². The number of carbonyl (C=O) groups excluding carboxylic acids is 2. The summed E-state index contributed by atoms with van der Waals surface area (Å²) in [5.41, 5.74) is 5.03. The Balaban J connectivity index is 1.16. The van der Waals surface area contributed by atoms with Crippen LogP contribution in [0.1, 0.15) is 90.9 Å². The lowest BCUT2D eigenvalue weighted by Crippen LogP contribution is -2.52. The zero-order valence-electron chi connectivity index (χ0n) is 27.2. The van der Waals surface area contributed by atoms with Crippen molar-refractivity contribution in [2.24, 2.45) is 0 Å². The zero-order chi connectivity index (χ0) is 33.1. The molecule has 0 unspecified atom stereocenters. The third-order valence-electron chi connectivity index (χ3n) is 9.37. The molecule has 1 saturated heterocycles. The molecule has 9 heteroatoms. The molecule has 3 heterocycles. The van der Waals surface area contributed by atoms with Gasteiger partial charge in [0.05, 0.1) is 4.88 Å². The number of hydrogen-bond donors (Lipinski definition) is 2. The van der Waals surface area contributed by atoms with Crippen LogP contribution in [0.2, 0.25) is 0 Å². The van der Waals surface area contributed by atoms with Crippen LogP contribution in [-0.2, 0) is 21.4 Å². The van der Waals surface area contributed by atoms with Crippen molar-refractivity contribution in [3.05, 3.63) is 93.9 Å². The first kappa shape index (κ1) is 32.6. The summed E-state index contributed by atoms with van der Waals surface area (Å²) in [6.45, 7) is 6.62. The van der Waals surface area contributed by atoms with Crippen LogP contribution < -0.4 is 5.32 Å². The van der Waals surface area contributed by atoms with Gasteiger partial charge < -0.3 is 15.3 Å². The quantitative estimate of drug-likeness (QED) is 0.198. The van der Waals surface area contributed by atoms with Crippen molar-refractivity contribution < 1.29 is 19.5 Å². The van der Waals surface area contributed by atoms with E-state index in [2.05, 4.69) is 60.3 Å². The Morgan fingerprint density at radius 3 is 2.15 bits per heavy atom. The summed E-state index contributed by atoms with van der Waals surface area (Å²) in [4.78, 5) is 51.2. The Kier molecular flexibility index (Phi) is 9.55. The van der Waals surface area contributed by atoms with Gasteiger partial charge in [-0.15, -0.1) is 11.3 Å². The first-order valence-corrected chi connectivity index (χ1v) is 17.3. The predicted molar refractivity (Wildman–Crippen MR) is 184 cm³/mol. The Bertz CT molecular complexity index is 1720. The average Bonchev–Trinajstić information content (AvgIpc) is 3.87. The number of carbonyl (C=O) groups is 3. The first-order chi connectivity index (χ1) is 22.6. The van der Waals surface area contributed by atoms with Crippen molar-refractivity contribution in [1.29, 1.82) is 0 Å². The van der Waals surface area contributed by atoms with Crippen molar-refractivity contribution >= 4 is 29.1 Å². The van der Waals surface area contributed by atoms with Crippen LogP contribution in [0.3, 0.4) is 0 Å². The Morgan fingerprint density at radius 2 is 1.53 bits per heavy atom. The molecule has 2 aromatic heterocycles. The number of carboxylic acid groups (broad SMARTS) is 1. The lowest BCUT2D eigenvalue weighted by molar-refractivity contribution is -0.148. The van der Waals surface area contributed by atoms with Crippen molar-refractivity contribution in [1.82, 2.24) is 20.2 Å². The van der Waals surface area contributed by atoms with E-state index in [4.69, 9.17) is 0 Å². The van der Waals surface area contributed by atoms with Crippen LogP contribution in [0.15, 0.2) is 73.1 Å². The molecular formula is C38H42N4O4S. The summed E-state index contributed by atoms with van der Waals surface area (Å²) in [6.07, 6.45) is 10.1. The van der Waals surface area contributed by atoms with Gasteiger partial charge in [-0.3, -0.25) is 9.59 Å². The summed E-state index contributed by atoms with van der Waals surface area (Å²) in [6, 6.07) is 18.3. The molecule has 1 aliphatic carbocycles. The normalized spacial score (nSPS) is 17.5. The summed E-state index contributed by atoms with van der Waals surface area (Å²) in [5, 5.41) is 12.7. The number of aromatic nitrogens is 2. The fourth-order valence-electron chi connectivity index (χ4n) is 6.64. The molecule has 2 amide bonds. The number of aliphatic carboxylic acids is 1. The van der Waals surface area contributed by atoms with Gasteiger partial charge >= 0.3 is 5.97 Å². The van der Waals surface area contributed by atoms with Gasteiger partial charge in [0.1, 0.15) is 12.1 Å². The van der Waals surface area contributed by atoms with Gasteiger partial charge in [-0.2, -0.15) is 0 Å². The second kappa shape index (κ2) is 13.8. The number of amides is 2. The van der Waals surface area contributed by atoms with Crippen molar-refractivity contribution in [3.63, 3.8) is 0 Å². The highest BCUT2D eigenvalue weighted by molar-refractivity contribution is 7.14. The monoisotopic (exact) mass is 650 g/mol. The molecule has 8 nitrogen and oxygen atoms in total.